The Hall–Kier alpha value is -2.97. The minimum Gasteiger partial charge on any atom is -0.459 e. The van der Waals surface area contributed by atoms with Crippen molar-refractivity contribution in [2.45, 2.75) is 39.3 Å². The average Bonchev–Trinajstić information content (AvgIpc) is 3.53. The van der Waals surface area contributed by atoms with E-state index in [1.165, 1.54) is 17.6 Å². The average molecular weight is 440 g/mol. The van der Waals surface area contributed by atoms with Gasteiger partial charge in [0.2, 0.25) is 0 Å². The number of ether oxygens (including phenoxy) is 1. The summed E-state index contributed by atoms with van der Waals surface area (Å²) in [6, 6.07) is 10.8. The predicted molar refractivity (Wildman–Crippen MR) is 117 cm³/mol. The van der Waals surface area contributed by atoms with Crippen LogP contribution in [-0.4, -0.2) is 35.6 Å². The number of rotatable bonds is 6. The molecule has 0 radical (unpaired) electrons. The number of carbonyl (C=O) groups is 2. The Morgan fingerprint density at radius 1 is 1.23 bits per heavy atom. The molecule has 0 spiro atoms. The molecule has 0 saturated carbocycles. The Bertz CT molecular complexity index is 1140. The molecule has 3 heterocycles. The lowest BCUT2D eigenvalue weighted by Gasteiger charge is -2.14. The fourth-order valence-electron chi connectivity index (χ4n) is 3.57. The third-order valence-electron chi connectivity index (χ3n) is 5.42. The Kier molecular flexibility index (Phi) is 6.48. The maximum absolute atomic E-state index is 12.9. The standard InChI is InChI=1S/C23H25N3O4S/c1-15-16(2)31-23(25-22(28)20-10-6-12-30-20)26(15)14-17-7-3-4-9-19(17)21(27)24-13-18-8-5-11-29-18/h3-4,6-7,9-10,12,18H,5,8,11,13-14H2,1-2H3,(H,24,27)/t18-/m0/s1. The van der Waals surface area contributed by atoms with Gasteiger partial charge >= 0.3 is 5.91 Å². The van der Waals surface area contributed by atoms with E-state index in [2.05, 4.69) is 10.3 Å². The molecule has 0 aliphatic carbocycles. The molecule has 162 valence electrons. The Morgan fingerprint density at radius 2 is 2.06 bits per heavy atom. The second-order valence-corrected chi connectivity index (χ2v) is 8.69. The van der Waals surface area contributed by atoms with Crippen LogP contribution in [-0.2, 0) is 11.3 Å². The van der Waals surface area contributed by atoms with E-state index in [1.54, 1.807) is 12.1 Å². The summed E-state index contributed by atoms with van der Waals surface area (Å²) in [5.41, 5.74) is 2.48. The number of furan rings is 1. The van der Waals surface area contributed by atoms with Crippen molar-refractivity contribution in [3.05, 3.63) is 74.9 Å². The number of carbonyl (C=O) groups excluding carboxylic acids is 2. The maximum Gasteiger partial charge on any atom is 0.315 e. The van der Waals surface area contributed by atoms with Crippen LogP contribution < -0.4 is 10.1 Å². The second-order valence-electron chi connectivity index (χ2n) is 7.51. The van der Waals surface area contributed by atoms with Crippen LogP contribution in [0.2, 0.25) is 0 Å². The number of nitrogens with zero attached hydrogens (tertiary/aromatic N) is 2. The maximum atomic E-state index is 12.9. The molecule has 2 aromatic heterocycles. The molecule has 31 heavy (non-hydrogen) atoms. The molecule has 1 N–H and O–H groups in total. The molecule has 8 heteroatoms. The van der Waals surface area contributed by atoms with Crippen LogP contribution in [0.4, 0.5) is 0 Å². The lowest BCUT2D eigenvalue weighted by molar-refractivity contribution is 0.0856. The summed E-state index contributed by atoms with van der Waals surface area (Å²) >= 11 is 1.44. The van der Waals surface area contributed by atoms with Crippen molar-refractivity contribution < 1.29 is 18.7 Å². The van der Waals surface area contributed by atoms with Gasteiger partial charge in [0.15, 0.2) is 10.6 Å². The number of aromatic nitrogens is 1. The summed E-state index contributed by atoms with van der Waals surface area (Å²) in [5.74, 6) is -0.354. The molecule has 1 fully saturated rings. The monoisotopic (exact) mass is 439 g/mol. The molecule has 2 amide bonds. The first-order chi connectivity index (χ1) is 15.0. The van der Waals surface area contributed by atoms with Gasteiger partial charge in [-0.05, 0) is 50.5 Å². The van der Waals surface area contributed by atoms with Gasteiger partial charge in [0.25, 0.3) is 5.91 Å². The molecule has 1 aromatic carbocycles. The molecular weight excluding hydrogens is 414 g/mol. The zero-order chi connectivity index (χ0) is 21.8. The number of amides is 2. The van der Waals surface area contributed by atoms with E-state index < -0.39 is 5.91 Å². The van der Waals surface area contributed by atoms with Crippen LogP contribution in [0.3, 0.4) is 0 Å². The minimum atomic E-state index is -0.428. The summed E-state index contributed by atoms with van der Waals surface area (Å²) in [6.45, 7) is 5.68. The summed E-state index contributed by atoms with van der Waals surface area (Å²) in [6.07, 6.45) is 3.55. The van der Waals surface area contributed by atoms with Crippen molar-refractivity contribution in [3.63, 3.8) is 0 Å². The largest absolute Gasteiger partial charge is 0.459 e. The minimum absolute atomic E-state index is 0.0882. The Morgan fingerprint density at radius 3 is 2.81 bits per heavy atom. The molecular formula is C23H25N3O4S. The molecule has 7 nitrogen and oxygen atoms in total. The lowest BCUT2D eigenvalue weighted by Crippen LogP contribution is -2.32. The molecule has 0 unspecified atom stereocenters. The zero-order valence-corrected chi connectivity index (χ0v) is 18.4. The summed E-state index contributed by atoms with van der Waals surface area (Å²) in [5, 5.41) is 2.99. The smallest absolute Gasteiger partial charge is 0.315 e. The van der Waals surface area contributed by atoms with Gasteiger partial charge < -0.3 is 19.0 Å². The number of benzene rings is 1. The highest BCUT2D eigenvalue weighted by atomic mass is 32.1. The van der Waals surface area contributed by atoms with E-state index >= 15 is 0 Å². The van der Waals surface area contributed by atoms with E-state index in [-0.39, 0.29) is 17.8 Å². The third-order valence-corrected chi connectivity index (χ3v) is 6.52. The first kappa shape index (κ1) is 21.3. The van der Waals surface area contributed by atoms with Crippen molar-refractivity contribution in [2.24, 2.45) is 4.99 Å². The highest BCUT2D eigenvalue weighted by Gasteiger charge is 2.19. The van der Waals surface area contributed by atoms with E-state index in [4.69, 9.17) is 9.15 Å². The SMILES string of the molecule is Cc1sc(=NC(=O)c2ccco2)n(Cc2ccccc2C(=O)NC[C@@H]2CCCO2)c1C. The summed E-state index contributed by atoms with van der Waals surface area (Å²) in [4.78, 5) is 31.2. The first-order valence-electron chi connectivity index (χ1n) is 10.3. The van der Waals surface area contributed by atoms with Gasteiger partial charge in [-0.15, -0.1) is 11.3 Å². The van der Waals surface area contributed by atoms with E-state index in [9.17, 15) is 9.59 Å². The van der Waals surface area contributed by atoms with Gasteiger partial charge in [0.05, 0.1) is 18.9 Å². The predicted octanol–water partition coefficient (Wildman–Crippen LogP) is 3.46. The van der Waals surface area contributed by atoms with Gasteiger partial charge in [0.1, 0.15) is 0 Å². The normalized spacial score (nSPS) is 16.6. The number of hydrogen-bond acceptors (Lipinski definition) is 5. The molecule has 0 bridgehead atoms. The fourth-order valence-corrected chi connectivity index (χ4v) is 4.54. The molecule has 1 aliphatic rings. The van der Waals surface area contributed by atoms with Gasteiger partial charge in [-0.2, -0.15) is 4.99 Å². The van der Waals surface area contributed by atoms with Crippen molar-refractivity contribution in [3.8, 4) is 0 Å². The van der Waals surface area contributed by atoms with Crippen molar-refractivity contribution >= 4 is 23.2 Å². The summed E-state index contributed by atoms with van der Waals surface area (Å²) in [7, 11) is 0. The van der Waals surface area contributed by atoms with Crippen molar-refractivity contribution in [1.29, 1.82) is 0 Å². The number of nitrogens with one attached hydrogen (secondary N) is 1. The zero-order valence-electron chi connectivity index (χ0n) is 17.6. The van der Waals surface area contributed by atoms with E-state index in [0.717, 1.165) is 35.6 Å². The van der Waals surface area contributed by atoms with Crippen LogP contribution in [0.1, 0.15) is 49.9 Å². The van der Waals surface area contributed by atoms with Crippen LogP contribution in [0.25, 0.3) is 0 Å². The Labute approximate surface area is 184 Å². The highest BCUT2D eigenvalue weighted by molar-refractivity contribution is 7.09. The van der Waals surface area contributed by atoms with Gasteiger partial charge in [-0.25, -0.2) is 0 Å². The highest BCUT2D eigenvalue weighted by Crippen LogP contribution is 2.16. The number of thiazole rings is 1. The molecule has 4 rings (SSSR count). The van der Waals surface area contributed by atoms with Crippen LogP contribution in [0.15, 0.2) is 52.1 Å². The number of aryl methyl sites for hydroxylation is 1. The molecule has 3 aromatic rings. The molecule has 1 aliphatic heterocycles. The van der Waals surface area contributed by atoms with Gasteiger partial charge in [0, 0.05) is 29.3 Å². The van der Waals surface area contributed by atoms with Crippen molar-refractivity contribution in [1.82, 2.24) is 9.88 Å². The fraction of sp³-hybridized carbons (Fsp3) is 0.348. The third kappa shape index (κ3) is 4.86. The Balaban J connectivity index is 1.60. The quantitative estimate of drug-likeness (QED) is 0.637. The van der Waals surface area contributed by atoms with E-state index in [1.807, 2.05) is 42.7 Å². The van der Waals surface area contributed by atoms with Gasteiger partial charge in [-0.1, -0.05) is 18.2 Å². The van der Waals surface area contributed by atoms with Crippen LogP contribution >= 0.6 is 11.3 Å². The van der Waals surface area contributed by atoms with E-state index in [0.29, 0.717) is 23.5 Å². The molecule has 1 atom stereocenters. The lowest BCUT2D eigenvalue weighted by atomic mass is 10.1. The topological polar surface area (TPSA) is 85.8 Å². The van der Waals surface area contributed by atoms with Crippen molar-refractivity contribution in [2.75, 3.05) is 13.2 Å². The molecule has 1 saturated heterocycles. The number of hydrogen-bond donors (Lipinski definition) is 1. The second kappa shape index (κ2) is 9.45. The van der Waals surface area contributed by atoms with Crippen LogP contribution in [0, 0.1) is 13.8 Å². The first-order valence-corrected chi connectivity index (χ1v) is 11.1. The van der Waals surface area contributed by atoms with Gasteiger partial charge in [-0.3, -0.25) is 9.59 Å². The summed E-state index contributed by atoms with van der Waals surface area (Å²) < 4.78 is 12.7. The van der Waals surface area contributed by atoms with Crippen LogP contribution in [0.5, 0.6) is 0 Å².